The minimum absolute atomic E-state index is 0.114. The average molecular weight is 573 g/mol. The summed E-state index contributed by atoms with van der Waals surface area (Å²) in [5, 5.41) is 4.66. The first-order chi connectivity index (χ1) is 20.0. The summed E-state index contributed by atoms with van der Waals surface area (Å²) < 4.78 is 27.0. The first kappa shape index (κ1) is 27.0. The fraction of sp³-hybridized carbons (Fsp3) is 0.258. The number of ether oxygens (including phenoxy) is 2. The first-order valence-corrected chi connectivity index (χ1v) is 14.4. The smallest absolute Gasteiger partial charge is 0.242 e. The molecular weight excluding hydrogens is 543 g/mol. The van der Waals surface area contributed by atoms with E-state index in [1.165, 1.54) is 23.9 Å². The van der Waals surface area contributed by atoms with Crippen molar-refractivity contribution in [3.8, 4) is 22.7 Å². The topological polar surface area (TPSA) is 76.9 Å². The predicted molar refractivity (Wildman–Crippen MR) is 156 cm³/mol. The highest BCUT2D eigenvalue weighted by molar-refractivity contribution is 8.00. The molecule has 3 heterocycles. The van der Waals surface area contributed by atoms with Gasteiger partial charge in [-0.2, -0.15) is 5.10 Å². The molecule has 41 heavy (non-hydrogen) atoms. The maximum absolute atomic E-state index is 14.5. The van der Waals surface area contributed by atoms with Gasteiger partial charge in [-0.1, -0.05) is 42.5 Å². The van der Waals surface area contributed by atoms with Crippen LogP contribution in [0.1, 0.15) is 16.4 Å². The lowest BCUT2D eigenvalue weighted by Crippen LogP contribution is -2.48. The van der Waals surface area contributed by atoms with Gasteiger partial charge in [-0.3, -0.25) is 14.5 Å². The van der Waals surface area contributed by atoms with Crippen molar-refractivity contribution in [1.82, 2.24) is 14.7 Å². The minimum atomic E-state index is -0.407. The fourth-order valence-electron chi connectivity index (χ4n) is 5.21. The van der Waals surface area contributed by atoms with Crippen molar-refractivity contribution in [1.29, 1.82) is 0 Å². The Morgan fingerprint density at radius 1 is 1.05 bits per heavy atom. The molecule has 1 fully saturated rings. The molecule has 6 rings (SSSR count). The zero-order valence-corrected chi connectivity index (χ0v) is 23.4. The monoisotopic (exact) mass is 572 g/mol. The van der Waals surface area contributed by atoms with Crippen LogP contribution in [0.25, 0.3) is 16.9 Å². The molecular formula is C31H29FN4O4S. The van der Waals surface area contributed by atoms with Crippen LogP contribution in [0.5, 0.6) is 5.75 Å². The van der Waals surface area contributed by atoms with E-state index in [0.717, 1.165) is 16.7 Å². The van der Waals surface area contributed by atoms with Crippen LogP contribution in [0, 0.1) is 5.82 Å². The molecule has 3 aromatic carbocycles. The van der Waals surface area contributed by atoms with E-state index in [1.54, 1.807) is 27.7 Å². The van der Waals surface area contributed by atoms with Crippen molar-refractivity contribution in [2.45, 2.75) is 5.25 Å². The number of thioether (sulfide) groups is 1. The highest BCUT2D eigenvalue weighted by atomic mass is 32.2. The predicted octanol–water partition coefficient (Wildman–Crippen LogP) is 4.72. The molecule has 0 saturated carbocycles. The summed E-state index contributed by atoms with van der Waals surface area (Å²) in [5.74, 6) is 0.557. The van der Waals surface area contributed by atoms with Crippen LogP contribution < -0.4 is 9.64 Å². The van der Waals surface area contributed by atoms with E-state index in [2.05, 4.69) is 0 Å². The second kappa shape index (κ2) is 11.8. The Bertz CT molecular complexity index is 1550. The van der Waals surface area contributed by atoms with Crippen LogP contribution in [-0.2, 0) is 14.3 Å². The molecule has 10 heteroatoms. The molecule has 1 aromatic heterocycles. The van der Waals surface area contributed by atoms with E-state index in [4.69, 9.17) is 14.6 Å². The van der Waals surface area contributed by atoms with Gasteiger partial charge in [0.1, 0.15) is 23.9 Å². The van der Waals surface area contributed by atoms with Gasteiger partial charge < -0.3 is 14.4 Å². The lowest BCUT2D eigenvalue weighted by molar-refractivity contribution is -0.134. The number of anilines is 1. The Morgan fingerprint density at radius 3 is 2.51 bits per heavy atom. The van der Waals surface area contributed by atoms with Crippen LogP contribution >= 0.6 is 11.8 Å². The van der Waals surface area contributed by atoms with E-state index in [9.17, 15) is 14.0 Å². The van der Waals surface area contributed by atoms with Gasteiger partial charge in [0, 0.05) is 24.2 Å². The Kier molecular flexibility index (Phi) is 7.76. The van der Waals surface area contributed by atoms with E-state index < -0.39 is 5.25 Å². The lowest BCUT2D eigenvalue weighted by atomic mass is 9.99. The molecule has 4 aromatic rings. The molecule has 8 nitrogen and oxygen atoms in total. The quantitative estimate of drug-likeness (QED) is 0.333. The van der Waals surface area contributed by atoms with Crippen molar-refractivity contribution in [3.05, 3.63) is 95.8 Å². The molecule has 0 N–H and O–H groups in total. The number of fused-ring (bicyclic) bond motifs is 1. The molecule has 0 unspecified atom stereocenters. The van der Waals surface area contributed by atoms with Gasteiger partial charge in [0.15, 0.2) is 0 Å². The Morgan fingerprint density at radius 2 is 1.80 bits per heavy atom. The highest BCUT2D eigenvalue weighted by Crippen LogP contribution is 2.48. The summed E-state index contributed by atoms with van der Waals surface area (Å²) in [4.78, 5) is 30.6. The Labute approximate surface area is 241 Å². The average Bonchev–Trinajstić information content (AvgIpc) is 3.34. The third-order valence-corrected chi connectivity index (χ3v) is 8.52. The molecule has 1 saturated heterocycles. The van der Waals surface area contributed by atoms with E-state index in [0.29, 0.717) is 49.3 Å². The second-order valence-electron chi connectivity index (χ2n) is 9.78. The van der Waals surface area contributed by atoms with Crippen molar-refractivity contribution in [2.24, 2.45) is 0 Å². The second-order valence-corrected chi connectivity index (χ2v) is 10.9. The molecule has 2 amide bonds. The number of methoxy groups -OCH3 is 1. The number of aromatic nitrogens is 2. The number of carbonyl (C=O) groups is 2. The zero-order valence-electron chi connectivity index (χ0n) is 22.5. The number of morpholine rings is 1. The largest absolute Gasteiger partial charge is 0.497 e. The zero-order chi connectivity index (χ0) is 28.3. The van der Waals surface area contributed by atoms with Gasteiger partial charge in [0.05, 0.1) is 42.7 Å². The molecule has 0 aliphatic carbocycles. The molecule has 0 radical (unpaired) electrons. The van der Waals surface area contributed by atoms with Crippen LogP contribution in [0.15, 0.2) is 78.9 Å². The van der Waals surface area contributed by atoms with Crippen molar-refractivity contribution in [3.63, 3.8) is 0 Å². The van der Waals surface area contributed by atoms with Gasteiger partial charge >= 0.3 is 0 Å². The number of amides is 2. The molecule has 0 bridgehead atoms. The SMILES string of the molecule is COc1ccc(-n2nc(-c3ccccc3)c3c2N(CC(=O)N2CCOCC2)C(=O)CS[C@@H]3c2cccc(F)c2)cc1. The summed E-state index contributed by atoms with van der Waals surface area (Å²) in [6, 6.07) is 23.5. The van der Waals surface area contributed by atoms with Gasteiger partial charge in [-0.15, -0.1) is 11.8 Å². The fourth-order valence-corrected chi connectivity index (χ4v) is 6.40. The van der Waals surface area contributed by atoms with E-state index in [-0.39, 0.29) is 29.9 Å². The maximum atomic E-state index is 14.5. The molecule has 1 atom stereocenters. The standard InChI is InChI=1S/C31H29FN4O4S/c1-39-25-12-10-24(11-13-25)36-31-28(29(33-36)21-6-3-2-4-7-21)30(22-8-5-9-23(32)18-22)41-20-27(38)35(31)19-26(37)34-14-16-40-17-15-34/h2-13,18,30H,14-17,19-20H2,1H3/t30-/m1/s1. The van der Waals surface area contributed by atoms with Crippen LogP contribution in [0.2, 0.25) is 0 Å². The number of hydrogen-bond donors (Lipinski definition) is 0. The summed E-state index contributed by atoms with van der Waals surface area (Å²) in [7, 11) is 1.60. The summed E-state index contributed by atoms with van der Waals surface area (Å²) in [6.45, 7) is 1.73. The highest BCUT2D eigenvalue weighted by Gasteiger charge is 2.38. The summed E-state index contributed by atoms with van der Waals surface area (Å²) in [5.41, 5.74) is 3.69. The third kappa shape index (κ3) is 5.45. The third-order valence-electron chi connectivity index (χ3n) is 7.26. The van der Waals surface area contributed by atoms with Crippen LogP contribution in [0.4, 0.5) is 10.2 Å². The Balaban J connectivity index is 1.58. The lowest BCUT2D eigenvalue weighted by Gasteiger charge is -2.30. The van der Waals surface area contributed by atoms with Crippen LogP contribution in [-0.4, -0.2) is 72.2 Å². The number of benzene rings is 3. The van der Waals surface area contributed by atoms with Gasteiger partial charge in [-0.25, -0.2) is 9.07 Å². The van der Waals surface area contributed by atoms with Gasteiger partial charge in [0.2, 0.25) is 11.8 Å². The molecule has 210 valence electrons. The van der Waals surface area contributed by atoms with E-state index >= 15 is 0 Å². The number of hydrogen-bond acceptors (Lipinski definition) is 6. The Hall–Kier alpha value is -4.15. The van der Waals surface area contributed by atoms with E-state index in [1.807, 2.05) is 60.7 Å². The number of halogens is 1. The van der Waals surface area contributed by atoms with Gasteiger partial charge in [-0.05, 0) is 42.0 Å². The number of rotatable bonds is 6. The number of nitrogens with zero attached hydrogens (tertiary/aromatic N) is 4. The normalized spacial score (nSPS) is 17.2. The van der Waals surface area contributed by atoms with Crippen molar-refractivity contribution in [2.75, 3.05) is 50.6 Å². The molecule has 2 aliphatic heterocycles. The summed E-state index contributed by atoms with van der Waals surface area (Å²) >= 11 is 1.41. The van der Waals surface area contributed by atoms with Crippen molar-refractivity contribution < 1.29 is 23.5 Å². The maximum Gasteiger partial charge on any atom is 0.242 e. The molecule has 2 aliphatic rings. The molecule has 0 spiro atoms. The number of carbonyl (C=O) groups excluding carboxylic acids is 2. The van der Waals surface area contributed by atoms with Crippen molar-refractivity contribution >= 4 is 29.4 Å². The van der Waals surface area contributed by atoms with Crippen LogP contribution in [0.3, 0.4) is 0 Å². The summed E-state index contributed by atoms with van der Waals surface area (Å²) in [6.07, 6.45) is 0. The minimum Gasteiger partial charge on any atom is -0.497 e. The first-order valence-electron chi connectivity index (χ1n) is 13.4. The van der Waals surface area contributed by atoms with Gasteiger partial charge in [0.25, 0.3) is 0 Å².